The molecule has 0 N–H and O–H groups in total. The Bertz CT molecular complexity index is 371. The molecule has 0 saturated carbocycles. The summed E-state index contributed by atoms with van der Waals surface area (Å²) in [6.45, 7) is 0.755. The number of carbonyl (C=O) groups excluding carboxylic acids is 1. The van der Waals surface area contributed by atoms with E-state index in [1.807, 2.05) is 18.2 Å². The van der Waals surface area contributed by atoms with Gasteiger partial charge in [-0.05, 0) is 31.2 Å². The van der Waals surface area contributed by atoms with Crippen molar-refractivity contribution in [2.75, 3.05) is 13.7 Å². The van der Waals surface area contributed by atoms with Gasteiger partial charge in [0.15, 0.2) is 5.78 Å². The number of hydrogen-bond acceptors (Lipinski definition) is 2. The number of rotatable bonds is 4. The summed E-state index contributed by atoms with van der Waals surface area (Å²) < 4.78 is 5.03. The normalized spacial score (nSPS) is 19.6. The molecule has 0 aliphatic heterocycles. The van der Waals surface area contributed by atoms with Gasteiger partial charge in [-0.2, -0.15) is 0 Å². The highest BCUT2D eigenvalue weighted by Gasteiger charge is 2.26. The van der Waals surface area contributed by atoms with Crippen molar-refractivity contribution in [2.24, 2.45) is 5.92 Å². The Balaban J connectivity index is 2.03. The molecule has 2 nitrogen and oxygen atoms in total. The summed E-state index contributed by atoms with van der Waals surface area (Å²) in [6.07, 6.45) is 3.98. The number of methoxy groups -OCH3 is 1. The van der Waals surface area contributed by atoms with Crippen LogP contribution in [0.2, 0.25) is 0 Å². The lowest BCUT2D eigenvalue weighted by molar-refractivity contribution is 0.0883. The van der Waals surface area contributed by atoms with Crippen molar-refractivity contribution in [3.63, 3.8) is 0 Å². The number of carbonyl (C=O) groups is 1. The molecule has 1 aromatic rings. The summed E-state index contributed by atoms with van der Waals surface area (Å²) in [5.41, 5.74) is 2.16. The van der Waals surface area contributed by atoms with E-state index in [9.17, 15) is 4.79 Å². The zero-order chi connectivity index (χ0) is 11.4. The first kappa shape index (κ1) is 11.3. The Morgan fingerprint density at radius 1 is 1.38 bits per heavy atom. The Morgan fingerprint density at radius 3 is 3.00 bits per heavy atom. The number of Topliss-reactive ketones (excluding diaryl/α,β-unsaturated/α-hetero) is 1. The molecule has 0 bridgehead atoms. The minimum Gasteiger partial charge on any atom is -0.385 e. The van der Waals surface area contributed by atoms with Crippen molar-refractivity contribution >= 4 is 5.78 Å². The Labute approximate surface area is 96.6 Å². The fourth-order valence-electron chi connectivity index (χ4n) is 2.41. The highest BCUT2D eigenvalue weighted by molar-refractivity contribution is 6.00. The first-order valence-corrected chi connectivity index (χ1v) is 5.94. The zero-order valence-electron chi connectivity index (χ0n) is 9.74. The summed E-state index contributed by atoms with van der Waals surface area (Å²) in [5, 5.41) is 0. The van der Waals surface area contributed by atoms with Gasteiger partial charge in [-0.25, -0.2) is 0 Å². The largest absolute Gasteiger partial charge is 0.385 e. The van der Waals surface area contributed by atoms with Crippen LogP contribution in [0.15, 0.2) is 24.3 Å². The van der Waals surface area contributed by atoms with E-state index >= 15 is 0 Å². The molecule has 0 heterocycles. The van der Waals surface area contributed by atoms with E-state index < -0.39 is 0 Å². The van der Waals surface area contributed by atoms with E-state index in [0.717, 1.165) is 37.9 Å². The van der Waals surface area contributed by atoms with Crippen LogP contribution < -0.4 is 0 Å². The molecule has 86 valence electrons. The molecular weight excluding hydrogens is 200 g/mol. The maximum Gasteiger partial charge on any atom is 0.166 e. The lowest BCUT2D eigenvalue weighted by Crippen LogP contribution is -2.22. The van der Waals surface area contributed by atoms with E-state index in [1.165, 1.54) is 5.56 Å². The summed E-state index contributed by atoms with van der Waals surface area (Å²) in [7, 11) is 1.71. The first-order chi connectivity index (χ1) is 7.83. The van der Waals surface area contributed by atoms with Gasteiger partial charge >= 0.3 is 0 Å². The van der Waals surface area contributed by atoms with Gasteiger partial charge in [-0.1, -0.05) is 24.3 Å². The lowest BCUT2D eigenvalue weighted by atomic mass is 9.80. The van der Waals surface area contributed by atoms with Gasteiger partial charge in [-0.15, -0.1) is 0 Å². The van der Waals surface area contributed by atoms with Crippen LogP contribution in [0.25, 0.3) is 0 Å². The van der Waals surface area contributed by atoms with E-state index in [2.05, 4.69) is 6.07 Å². The molecule has 0 amide bonds. The van der Waals surface area contributed by atoms with Crippen LogP contribution >= 0.6 is 0 Å². The fraction of sp³-hybridized carbons (Fsp3) is 0.500. The smallest absolute Gasteiger partial charge is 0.166 e. The molecule has 0 aromatic heterocycles. The minimum atomic E-state index is 0.213. The molecule has 1 unspecified atom stereocenters. The standard InChI is InChI=1S/C14H18O2/c1-16-10-4-6-12-9-8-11-5-2-3-7-13(11)14(12)15/h2-3,5,7,12H,4,6,8-10H2,1H3. The number of hydrogen-bond donors (Lipinski definition) is 0. The second-order valence-corrected chi connectivity index (χ2v) is 4.39. The molecule has 0 radical (unpaired) electrons. The van der Waals surface area contributed by atoms with Crippen molar-refractivity contribution in [2.45, 2.75) is 25.7 Å². The second kappa shape index (κ2) is 5.26. The molecule has 2 rings (SSSR count). The molecule has 0 spiro atoms. The number of fused-ring (bicyclic) bond motifs is 1. The monoisotopic (exact) mass is 218 g/mol. The predicted molar refractivity (Wildman–Crippen MR) is 63.7 cm³/mol. The second-order valence-electron chi connectivity index (χ2n) is 4.39. The molecule has 0 saturated heterocycles. The van der Waals surface area contributed by atoms with Gasteiger partial charge in [-0.3, -0.25) is 4.79 Å². The van der Waals surface area contributed by atoms with Crippen molar-refractivity contribution < 1.29 is 9.53 Å². The molecule has 1 aliphatic carbocycles. The number of ether oxygens (including phenoxy) is 1. The van der Waals surface area contributed by atoms with Gasteiger partial charge in [0.25, 0.3) is 0 Å². The van der Waals surface area contributed by atoms with Gasteiger partial charge in [0.05, 0.1) is 0 Å². The van der Waals surface area contributed by atoms with Gasteiger partial charge in [0.1, 0.15) is 0 Å². The van der Waals surface area contributed by atoms with Crippen molar-refractivity contribution in [1.82, 2.24) is 0 Å². The van der Waals surface area contributed by atoms with Crippen LogP contribution in [0.1, 0.15) is 35.2 Å². The number of ketones is 1. The van der Waals surface area contributed by atoms with Crippen LogP contribution in [0.5, 0.6) is 0 Å². The Morgan fingerprint density at radius 2 is 2.19 bits per heavy atom. The van der Waals surface area contributed by atoms with Crippen LogP contribution in [0.3, 0.4) is 0 Å². The van der Waals surface area contributed by atoms with Crippen LogP contribution in [0, 0.1) is 5.92 Å². The van der Waals surface area contributed by atoms with E-state index in [0.29, 0.717) is 5.78 Å². The van der Waals surface area contributed by atoms with E-state index in [4.69, 9.17) is 4.74 Å². The Kier molecular flexibility index (Phi) is 3.73. The highest BCUT2D eigenvalue weighted by atomic mass is 16.5. The number of benzene rings is 1. The van der Waals surface area contributed by atoms with Crippen molar-refractivity contribution in [1.29, 1.82) is 0 Å². The molecule has 1 atom stereocenters. The fourth-order valence-corrected chi connectivity index (χ4v) is 2.41. The van der Waals surface area contributed by atoms with Gasteiger partial charge in [0, 0.05) is 25.2 Å². The predicted octanol–water partition coefficient (Wildman–Crippen LogP) is 2.86. The maximum atomic E-state index is 12.2. The number of aryl methyl sites for hydroxylation is 1. The van der Waals surface area contributed by atoms with E-state index in [1.54, 1.807) is 7.11 Å². The third kappa shape index (κ3) is 2.33. The minimum absolute atomic E-state index is 0.213. The highest BCUT2D eigenvalue weighted by Crippen LogP contribution is 2.28. The third-order valence-electron chi connectivity index (χ3n) is 3.32. The molecule has 16 heavy (non-hydrogen) atoms. The van der Waals surface area contributed by atoms with Gasteiger partial charge in [0.2, 0.25) is 0 Å². The SMILES string of the molecule is COCCCC1CCc2ccccc2C1=O. The van der Waals surface area contributed by atoms with Crippen LogP contribution in [-0.4, -0.2) is 19.5 Å². The summed E-state index contributed by atoms with van der Waals surface area (Å²) in [4.78, 5) is 12.2. The quantitative estimate of drug-likeness (QED) is 0.726. The summed E-state index contributed by atoms with van der Waals surface area (Å²) in [6, 6.07) is 7.99. The van der Waals surface area contributed by atoms with Crippen LogP contribution in [0.4, 0.5) is 0 Å². The maximum absolute atomic E-state index is 12.2. The summed E-state index contributed by atoms with van der Waals surface area (Å²) in [5.74, 6) is 0.544. The molecule has 2 heteroatoms. The average molecular weight is 218 g/mol. The molecular formula is C14H18O2. The molecule has 1 aromatic carbocycles. The van der Waals surface area contributed by atoms with Crippen molar-refractivity contribution in [3.05, 3.63) is 35.4 Å². The third-order valence-corrected chi connectivity index (χ3v) is 3.32. The topological polar surface area (TPSA) is 26.3 Å². The van der Waals surface area contributed by atoms with Crippen LogP contribution in [-0.2, 0) is 11.2 Å². The molecule has 1 aliphatic rings. The summed E-state index contributed by atoms with van der Waals surface area (Å²) >= 11 is 0. The Hall–Kier alpha value is -1.15. The average Bonchev–Trinajstić information content (AvgIpc) is 2.33. The molecule has 0 fully saturated rings. The first-order valence-electron chi connectivity index (χ1n) is 5.94. The van der Waals surface area contributed by atoms with E-state index in [-0.39, 0.29) is 5.92 Å². The zero-order valence-corrected chi connectivity index (χ0v) is 9.74. The van der Waals surface area contributed by atoms with Gasteiger partial charge < -0.3 is 4.74 Å². The lowest BCUT2D eigenvalue weighted by Gasteiger charge is -2.22. The van der Waals surface area contributed by atoms with Crippen molar-refractivity contribution in [3.8, 4) is 0 Å².